The molecule has 0 N–H and O–H groups in total. The minimum Gasteiger partial charge on any atom is -0.299 e. The maximum Gasteiger partial charge on any atom is 0.141 e. The van der Waals surface area contributed by atoms with Gasteiger partial charge in [-0.1, -0.05) is 48.5 Å². The fraction of sp³-hybridized carbons (Fsp3) is 0.133. The molecule has 0 amide bonds. The average Bonchev–Trinajstić information content (AvgIpc) is 2.33. The molecule has 1 nitrogen and oxygen atoms in total. The Hall–Kier alpha value is -1.16. The fourth-order valence-corrected chi connectivity index (χ4v) is 2.32. The molecule has 2 aromatic carbocycles. The van der Waals surface area contributed by atoms with Crippen molar-refractivity contribution in [2.75, 3.05) is 0 Å². The zero-order chi connectivity index (χ0) is 12.1. The Bertz CT molecular complexity index is 505. The Kier molecular flexibility index (Phi) is 4.31. The largest absolute Gasteiger partial charge is 0.299 e. The zero-order valence-electron chi connectivity index (χ0n) is 9.40. The molecule has 0 heterocycles. The highest BCUT2D eigenvalue weighted by atomic mass is 127. The third-order valence-corrected chi connectivity index (χ3v) is 3.64. The average molecular weight is 336 g/mol. The second-order valence-electron chi connectivity index (χ2n) is 3.97. The van der Waals surface area contributed by atoms with Crippen molar-refractivity contribution in [1.29, 1.82) is 0 Å². The minimum atomic E-state index is 0.264. The van der Waals surface area contributed by atoms with E-state index < -0.39 is 0 Å². The predicted octanol–water partition coefficient (Wildman–Crippen LogP) is 3.65. The molecule has 17 heavy (non-hydrogen) atoms. The summed E-state index contributed by atoms with van der Waals surface area (Å²) in [5.74, 6) is 0.264. The number of hydrogen-bond acceptors (Lipinski definition) is 1. The van der Waals surface area contributed by atoms with Crippen LogP contribution < -0.4 is 0 Å². The first-order chi connectivity index (χ1) is 8.25. The highest BCUT2D eigenvalue weighted by Crippen LogP contribution is 2.13. The van der Waals surface area contributed by atoms with Gasteiger partial charge in [-0.05, 0) is 39.8 Å². The van der Waals surface area contributed by atoms with Crippen molar-refractivity contribution < 1.29 is 4.79 Å². The van der Waals surface area contributed by atoms with Gasteiger partial charge in [-0.2, -0.15) is 0 Å². The van der Waals surface area contributed by atoms with Gasteiger partial charge >= 0.3 is 0 Å². The summed E-state index contributed by atoms with van der Waals surface area (Å²) in [6.45, 7) is 0. The number of Topliss-reactive ketones (excluding diaryl/α,β-unsaturated/α-hetero) is 1. The number of carbonyl (C=O) groups excluding carboxylic acids is 1. The van der Waals surface area contributed by atoms with E-state index >= 15 is 0 Å². The predicted molar refractivity (Wildman–Crippen MR) is 78.0 cm³/mol. The summed E-state index contributed by atoms with van der Waals surface area (Å²) in [6, 6.07) is 17.9. The number of carbonyl (C=O) groups is 1. The molecule has 2 heteroatoms. The third-order valence-electron chi connectivity index (χ3n) is 2.59. The van der Waals surface area contributed by atoms with Crippen LogP contribution in [0.3, 0.4) is 0 Å². The van der Waals surface area contributed by atoms with Gasteiger partial charge in [-0.15, -0.1) is 0 Å². The second kappa shape index (κ2) is 5.96. The van der Waals surface area contributed by atoms with E-state index in [0.717, 1.165) is 14.7 Å². The van der Waals surface area contributed by atoms with Gasteiger partial charge in [0.05, 0.1) is 0 Å². The molecule has 0 radical (unpaired) electrons. The van der Waals surface area contributed by atoms with Crippen LogP contribution in [0.5, 0.6) is 0 Å². The first-order valence-electron chi connectivity index (χ1n) is 5.55. The second-order valence-corrected chi connectivity index (χ2v) is 5.13. The number of benzene rings is 2. The first-order valence-corrected chi connectivity index (χ1v) is 6.62. The van der Waals surface area contributed by atoms with E-state index in [1.165, 1.54) is 0 Å². The Labute approximate surface area is 115 Å². The van der Waals surface area contributed by atoms with Gasteiger partial charge in [0.1, 0.15) is 5.78 Å². The SMILES string of the molecule is O=C(Cc1ccccc1)Cc1ccccc1I. The van der Waals surface area contributed by atoms with Crippen molar-refractivity contribution in [2.45, 2.75) is 12.8 Å². The molecular formula is C15H13IO. The van der Waals surface area contributed by atoms with Crippen molar-refractivity contribution in [3.8, 4) is 0 Å². The molecule has 0 bridgehead atoms. The van der Waals surface area contributed by atoms with Gasteiger partial charge in [0, 0.05) is 16.4 Å². The van der Waals surface area contributed by atoms with Crippen molar-refractivity contribution >= 4 is 28.4 Å². The van der Waals surface area contributed by atoms with Crippen molar-refractivity contribution in [3.63, 3.8) is 0 Å². The first kappa shape index (κ1) is 12.3. The molecular weight excluding hydrogens is 323 g/mol. The fourth-order valence-electron chi connectivity index (χ4n) is 1.74. The van der Waals surface area contributed by atoms with Crippen LogP contribution in [-0.2, 0) is 17.6 Å². The van der Waals surface area contributed by atoms with Crippen LogP contribution in [-0.4, -0.2) is 5.78 Å². The summed E-state index contributed by atoms with van der Waals surface area (Å²) in [5, 5.41) is 0. The van der Waals surface area contributed by atoms with Gasteiger partial charge < -0.3 is 0 Å². The maximum absolute atomic E-state index is 11.9. The van der Waals surface area contributed by atoms with E-state index in [-0.39, 0.29) is 5.78 Å². The summed E-state index contributed by atoms with van der Waals surface area (Å²) in [4.78, 5) is 11.9. The van der Waals surface area contributed by atoms with Crippen LogP contribution in [0, 0.1) is 3.57 Å². The summed E-state index contributed by atoms with van der Waals surface area (Å²) in [7, 11) is 0. The molecule has 0 aliphatic rings. The lowest BCUT2D eigenvalue weighted by molar-refractivity contribution is -0.117. The lowest BCUT2D eigenvalue weighted by Crippen LogP contribution is -2.07. The maximum atomic E-state index is 11.9. The highest BCUT2D eigenvalue weighted by molar-refractivity contribution is 14.1. The monoisotopic (exact) mass is 336 g/mol. The quantitative estimate of drug-likeness (QED) is 0.779. The molecule has 0 saturated carbocycles. The van der Waals surface area contributed by atoms with E-state index in [1.54, 1.807) is 0 Å². The molecule has 2 rings (SSSR count). The summed E-state index contributed by atoms with van der Waals surface area (Å²) < 4.78 is 1.16. The molecule has 0 spiro atoms. The van der Waals surface area contributed by atoms with Gasteiger partial charge in [0.25, 0.3) is 0 Å². The van der Waals surface area contributed by atoms with Gasteiger partial charge in [0.2, 0.25) is 0 Å². The smallest absolute Gasteiger partial charge is 0.141 e. The molecule has 0 aliphatic carbocycles. The van der Waals surface area contributed by atoms with E-state index in [9.17, 15) is 4.79 Å². The number of rotatable bonds is 4. The van der Waals surface area contributed by atoms with E-state index in [1.807, 2.05) is 54.6 Å². The van der Waals surface area contributed by atoms with Crippen LogP contribution in [0.25, 0.3) is 0 Å². The Morgan fingerprint density at radius 3 is 2.24 bits per heavy atom. The Morgan fingerprint density at radius 2 is 1.53 bits per heavy atom. The van der Waals surface area contributed by atoms with Gasteiger partial charge in [-0.3, -0.25) is 4.79 Å². The van der Waals surface area contributed by atoms with Crippen LogP contribution in [0.4, 0.5) is 0 Å². The van der Waals surface area contributed by atoms with Gasteiger partial charge in [-0.25, -0.2) is 0 Å². The molecule has 0 aromatic heterocycles. The molecule has 2 aromatic rings. The van der Waals surface area contributed by atoms with E-state index in [0.29, 0.717) is 12.8 Å². The Morgan fingerprint density at radius 1 is 0.882 bits per heavy atom. The van der Waals surface area contributed by atoms with Crippen molar-refractivity contribution in [1.82, 2.24) is 0 Å². The molecule has 0 fully saturated rings. The molecule has 0 saturated heterocycles. The van der Waals surface area contributed by atoms with Crippen molar-refractivity contribution in [2.24, 2.45) is 0 Å². The Balaban J connectivity index is 2.01. The standard InChI is InChI=1S/C15H13IO/c16-15-9-5-4-8-13(15)11-14(17)10-12-6-2-1-3-7-12/h1-9H,10-11H2. The molecule has 0 unspecified atom stereocenters. The topological polar surface area (TPSA) is 17.1 Å². The number of halogens is 1. The minimum absolute atomic E-state index is 0.264. The van der Waals surface area contributed by atoms with Gasteiger partial charge in [0.15, 0.2) is 0 Å². The summed E-state index contributed by atoms with van der Waals surface area (Å²) in [6.07, 6.45) is 1.04. The van der Waals surface area contributed by atoms with Crippen LogP contribution >= 0.6 is 22.6 Å². The zero-order valence-corrected chi connectivity index (χ0v) is 11.6. The van der Waals surface area contributed by atoms with E-state index in [2.05, 4.69) is 22.6 Å². The molecule has 86 valence electrons. The lowest BCUT2D eigenvalue weighted by atomic mass is 10.0. The summed E-state index contributed by atoms with van der Waals surface area (Å²) >= 11 is 2.27. The molecule has 0 atom stereocenters. The highest BCUT2D eigenvalue weighted by Gasteiger charge is 2.07. The van der Waals surface area contributed by atoms with Crippen LogP contribution in [0.1, 0.15) is 11.1 Å². The van der Waals surface area contributed by atoms with Crippen LogP contribution in [0.2, 0.25) is 0 Å². The van der Waals surface area contributed by atoms with E-state index in [4.69, 9.17) is 0 Å². The van der Waals surface area contributed by atoms with Crippen LogP contribution in [0.15, 0.2) is 54.6 Å². The number of hydrogen-bond donors (Lipinski definition) is 0. The molecule has 0 aliphatic heterocycles. The third kappa shape index (κ3) is 3.66. The lowest BCUT2D eigenvalue weighted by Gasteiger charge is -2.04. The van der Waals surface area contributed by atoms with Crippen molar-refractivity contribution in [3.05, 3.63) is 69.3 Å². The number of ketones is 1. The summed E-state index contributed by atoms with van der Waals surface area (Å²) in [5.41, 5.74) is 2.21. The normalized spacial score (nSPS) is 10.2.